The van der Waals surface area contributed by atoms with Crippen LogP contribution >= 0.6 is 35.6 Å². The van der Waals surface area contributed by atoms with Crippen LogP contribution in [0.4, 0.5) is 0 Å². The highest BCUT2D eigenvalue weighted by atomic mass is 35.5. The Bertz CT molecular complexity index is 816. The molecule has 0 aromatic heterocycles. The standard InChI is InChI=1S/C17H10ClNO2S2/c18-13-8-6-11(7-9-13)10-14-16(21)19(17(22)23-14)15(20)12-4-2-1-3-5-12/h1-10H/b14-10+. The first-order valence-corrected chi connectivity index (χ1v) is 8.29. The van der Waals surface area contributed by atoms with Crippen LogP contribution in [0.5, 0.6) is 0 Å². The van der Waals surface area contributed by atoms with Crippen LogP contribution in [-0.4, -0.2) is 21.0 Å². The smallest absolute Gasteiger partial charge is 0.268 e. The maximum atomic E-state index is 12.5. The van der Waals surface area contributed by atoms with Crippen LogP contribution in [0.25, 0.3) is 6.08 Å². The van der Waals surface area contributed by atoms with Crippen molar-refractivity contribution >= 4 is 57.8 Å². The van der Waals surface area contributed by atoms with Gasteiger partial charge in [-0.1, -0.05) is 65.9 Å². The lowest BCUT2D eigenvalue weighted by molar-refractivity contribution is -0.120. The minimum absolute atomic E-state index is 0.240. The summed E-state index contributed by atoms with van der Waals surface area (Å²) < 4.78 is 0.240. The van der Waals surface area contributed by atoms with E-state index in [2.05, 4.69) is 0 Å². The Morgan fingerprint density at radius 3 is 2.39 bits per heavy atom. The second-order valence-electron chi connectivity index (χ2n) is 4.74. The van der Waals surface area contributed by atoms with Crippen molar-refractivity contribution in [1.29, 1.82) is 0 Å². The average Bonchev–Trinajstić information content (AvgIpc) is 2.84. The Labute approximate surface area is 147 Å². The third-order valence-corrected chi connectivity index (χ3v) is 4.74. The zero-order valence-electron chi connectivity index (χ0n) is 11.7. The van der Waals surface area contributed by atoms with Gasteiger partial charge in [-0.15, -0.1) is 0 Å². The lowest BCUT2D eigenvalue weighted by Crippen LogP contribution is -2.34. The van der Waals surface area contributed by atoms with Crippen LogP contribution in [0, 0.1) is 0 Å². The lowest BCUT2D eigenvalue weighted by atomic mass is 10.2. The molecule has 1 aliphatic heterocycles. The summed E-state index contributed by atoms with van der Waals surface area (Å²) >= 11 is 12.2. The van der Waals surface area contributed by atoms with Gasteiger partial charge in [-0.2, -0.15) is 0 Å². The molecule has 0 spiro atoms. The molecule has 6 heteroatoms. The zero-order chi connectivity index (χ0) is 16.4. The average molecular weight is 360 g/mol. The fourth-order valence-corrected chi connectivity index (χ4v) is 3.44. The highest BCUT2D eigenvalue weighted by Gasteiger charge is 2.37. The van der Waals surface area contributed by atoms with Gasteiger partial charge in [0.25, 0.3) is 11.8 Å². The molecular weight excluding hydrogens is 350 g/mol. The molecule has 2 aromatic rings. The maximum absolute atomic E-state index is 12.5. The van der Waals surface area contributed by atoms with Gasteiger partial charge >= 0.3 is 0 Å². The Morgan fingerprint density at radius 2 is 1.74 bits per heavy atom. The molecule has 2 amide bonds. The number of carbonyl (C=O) groups excluding carboxylic acids is 2. The van der Waals surface area contributed by atoms with Gasteiger partial charge in [-0.3, -0.25) is 9.59 Å². The Kier molecular flexibility index (Phi) is 4.61. The largest absolute Gasteiger partial charge is 0.273 e. The summed E-state index contributed by atoms with van der Waals surface area (Å²) in [4.78, 5) is 26.4. The van der Waals surface area contributed by atoms with Gasteiger partial charge in [0.1, 0.15) is 0 Å². The van der Waals surface area contributed by atoms with Crippen LogP contribution in [0.1, 0.15) is 15.9 Å². The molecule has 2 aromatic carbocycles. The summed E-state index contributed by atoms with van der Waals surface area (Å²) in [6, 6.07) is 15.7. The predicted octanol–water partition coefficient (Wildman–Crippen LogP) is 4.38. The van der Waals surface area contributed by atoms with E-state index in [1.807, 2.05) is 6.07 Å². The summed E-state index contributed by atoms with van der Waals surface area (Å²) in [5.41, 5.74) is 1.25. The number of rotatable bonds is 2. The summed E-state index contributed by atoms with van der Waals surface area (Å²) in [6.45, 7) is 0. The van der Waals surface area contributed by atoms with Gasteiger partial charge in [-0.05, 0) is 35.9 Å². The van der Waals surface area contributed by atoms with Gasteiger partial charge in [0.2, 0.25) is 0 Å². The molecular formula is C17H10ClNO2S2. The van der Waals surface area contributed by atoms with E-state index in [-0.39, 0.29) is 4.32 Å². The summed E-state index contributed by atoms with van der Waals surface area (Å²) in [5, 5.41) is 0.619. The maximum Gasteiger partial charge on any atom is 0.273 e. The monoisotopic (exact) mass is 359 g/mol. The van der Waals surface area contributed by atoms with Gasteiger partial charge in [-0.25, -0.2) is 4.90 Å². The predicted molar refractivity (Wildman–Crippen MR) is 97.2 cm³/mol. The number of hydrogen-bond donors (Lipinski definition) is 0. The molecule has 3 nitrogen and oxygen atoms in total. The minimum Gasteiger partial charge on any atom is -0.268 e. The first-order chi connectivity index (χ1) is 11.1. The van der Waals surface area contributed by atoms with Crippen LogP contribution in [0.2, 0.25) is 5.02 Å². The quantitative estimate of drug-likeness (QED) is 0.453. The second kappa shape index (κ2) is 6.66. The fraction of sp³-hybridized carbons (Fsp3) is 0. The van der Waals surface area contributed by atoms with Crippen molar-refractivity contribution in [2.75, 3.05) is 0 Å². The molecule has 0 N–H and O–H groups in total. The highest BCUT2D eigenvalue weighted by molar-refractivity contribution is 8.26. The number of amides is 2. The van der Waals surface area contributed by atoms with Crippen molar-refractivity contribution in [3.63, 3.8) is 0 Å². The number of hydrogen-bond acceptors (Lipinski definition) is 4. The van der Waals surface area contributed by atoms with Crippen molar-refractivity contribution in [1.82, 2.24) is 4.90 Å². The number of imide groups is 1. The summed E-state index contributed by atoms with van der Waals surface area (Å²) in [5.74, 6) is -0.809. The molecule has 1 fully saturated rings. The van der Waals surface area contributed by atoms with Crippen LogP contribution in [0.15, 0.2) is 59.5 Å². The molecule has 0 atom stereocenters. The van der Waals surface area contributed by atoms with Crippen molar-refractivity contribution in [2.24, 2.45) is 0 Å². The Morgan fingerprint density at radius 1 is 1.09 bits per heavy atom. The first-order valence-electron chi connectivity index (χ1n) is 6.69. The normalized spacial score (nSPS) is 16.2. The topological polar surface area (TPSA) is 37.4 Å². The summed E-state index contributed by atoms with van der Waals surface area (Å²) in [6.07, 6.45) is 1.70. The first kappa shape index (κ1) is 15.9. The number of benzene rings is 2. The molecule has 3 rings (SSSR count). The van der Waals surface area contributed by atoms with E-state index >= 15 is 0 Å². The van der Waals surface area contributed by atoms with Crippen molar-refractivity contribution in [2.45, 2.75) is 0 Å². The van der Waals surface area contributed by atoms with E-state index in [9.17, 15) is 9.59 Å². The molecule has 0 bridgehead atoms. The highest BCUT2D eigenvalue weighted by Crippen LogP contribution is 2.33. The van der Waals surface area contributed by atoms with Crippen LogP contribution < -0.4 is 0 Å². The molecule has 1 heterocycles. The van der Waals surface area contributed by atoms with Crippen molar-refractivity contribution in [3.05, 3.63) is 75.7 Å². The number of halogens is 1. The molecule has 0 saturated carbocycles. The molecule has 114 valence electrons. The third kappa shape index (κ3) is 3.37. The van der Waals surface area contributed by atoms with Crippen molar-refractivity contribution in [3.8, 4) is 0 Å². The van der Waals surface area contributed by atoms with Crippen molar-refractivity contribution < 1.29 is 9.59 Å². The second-order valence-corrected chi connectivity index (χ2v) is 6.85. The van der Waals surface area contributed by atoms with Crippen LogP contribution in [-0.2, 0) is 4.79 Å². The van der Waals surface area contributed by atoms with E-state index in [1.54, 1.807) is 54.6 Å². The lowest BCUT2D eigenvalue weighted by Gasteiger charge is -2.12. The molecule has 1 saturated heterocycles. The molecule has 0 unspecified atom stereocenters. The molecule has 23 heavy (non-hydrogen) atoms. The SMILES string of the molecule is O=C1/C(=C\c2ccc(Cl)cc2)SC(=S)N1C(=O)c1ccccc1. The van der Waals surface area contributed by atoms with Gasteiger partial charge in [0, 0.05) is 10.6 Å². The number of thiocarbonyl (C=S) groups is 1. The number of nitrogens with zero attached hydrogens (tertiary/aromatic N) is 1. The molecule has 0 radical (unpaired) electrons. The zero-order valence-corrected chi connectivity index (χ0v) is 14.1. The van der Waals surface area contributed by atoms with Gasteiger partial charge in [0.15, 0.2) is 4.32 Å². The molecule has 0 aliphatic carbocycles. The third-order valence-electron chi connectivity index (χ3n) is 3.19. The van der Waals surface area contributed by atoms with Gasteiger partial charge < -0.3 is 0 Å². The number of thioether (sulfide) groups is 1. The van der Waals surface area contributed by atoms with E-state index < -0.39 is 11.8 Å². The minimum atomic E-state index is -0.410. The Balaban J connectivity index is 1.88. The van der Waals surface area contributed by atoms with E-state index in [4.69, 9.17) is 23.8 Å². The van der Waals surface area contributed by atoms with E-state index in [0.717, 1.165) is 22.2 Å². The number of carbonyl (C=O) groups is 2. The Hall–Kier alpha value is -1.95. The molecule has 1 aliphatic rings. The van der Waals surface area contributed by atoms with E-state index in [1.165, 1.54) is 0 Å². The van der Waals surface area contributed by atoms with Crippen LogP contribution in [0.3, 0.4) is 0 Å². The van der Waals surface area contributed by atoms with Gasteiger partial charge in [0.05, 0.1) is 4.91 Å². The fourth-order valence-electron chi connectivity index (χ4n) is 2.06. The van der Waals surface area contributed by atoms with E-state index in [0.29, 0.717) is 15.5 Å². The summed E-state index contributed by atoms with van der Waals surface area (Å²) in [7, 11) is 0.